The summed E-state index contributed by atoms with van der Waals surface area (Å²) in [6, 6.07) is 7.67. The van der Waals surface area contributed by atoms with Gasteiger partial charge >= 0.3 is 0 Å². The number of nitrogens with one attached hydrogen (secondary N) is 1. The second-order valence-electron chi connectivity index (χ2n) is 8.25. The molecule has 4 rings (SSSR count). The topological polar surface area (TPSA) is 87.5 Å². The van der Waals surface area contributed by atoms with Gasteiger partial charge in [0.25, 0.3) is 0 Å². The summed E-state index contributed by atoms with van der Waals surface area (Å²) in [5.74, 6) is -0.00261. The van der Waals surface area contributed by atoms with E-state index in [0.717, 1.165) is 30.8 Å². The van der Waals surface area contributed by atoms with Crippen molar-refractivity contribution in [3.8, 4) is 0 Å². The smallest absolute Gasteiger partial charge is 0.246 e. The van der Waals surface area contributed by atoms with Crippen LogP contribution < -0.4 is 10.2 Å². The summed E-state index contributed by atoms with van der Waals surface area (Å²) >= 11 is 0. The predicted octanol–water partition coefficient (Wildman–Crippen LogP) is 2.92. The van der Waals surface area contributed by atoms with E-state index < -0.39 is 0 Å². The molecule has 2 aliphatic rings. The molecule has 1 aromatic heterocycles. The number of carbonyl (C=O) groups excluding carboxylic acids is 3. The lowest BCUT2D eigenvalue weighted by molar-refractivity contribution is -0.130. The van der Waals surface area contributed by atoms with Gasteiger partial charge in [0.05, 0.1) is 11.9 Å². The monoisotopic (exact) mass is 435 g/mol. The van der Waals surface area contributed by atoms with Crippen LogP contribution in [0.1, 0.15) is 38.2 Å². The molecule has 168 valence electrons. The molecule has 2 fully saturated rings. The van der Waals surface area contributed by atoms with Gasteiger partial charge in [-0.05, 0) is 50.0 Å². The van der Waals surface area contributed by atoms with Crippen molar-refractivity contribution in [2.45, 2.75) is 39.2 Å². The molecule has 3 heterocycles. The zero-order valence-electron chi connectivity index (χ0n) is 18.4. The van der Waals surface area contributed by atoms with E-state index in [1.807, 2.05) is 37.4 Å². The maximum Gasteiger partial charge on any atom is 0.246 e. The summed E-state index contributed by atoms with van der Waals surface area (Å²) < 4.78 is 1.77. The van der Waals surface area contributed by atoms with Crippen molar-refractivity contribution >= 4 is 35.2 Å². The van der Waals surface area contributed by atoms with Crippen molar-refractivity contribution in [3.05, 3.63) is 48.3 Å². The van der Waals surface area contributed by atoms with E-state index in [1.54, 1.807) is 32.8 Å². The minimum atomic E-state index is -0.103. The first-order valence-corrected chi connectivity index (χ1v) is 11.2. The van der Waals surface area contributed by atoms with E-state index in [-0.39, 0.29) is 23.6 Å². The molecule has 0 spiro atoms. The van der Waals surface area contributed by atoms with E-state index in [2.05, 4.69) is 10.4 Å². The molecule has 0 unspecified atom stereocenters. The maximum atomic E-state index is 12.6. The lowest BCUT2D eigenvalue weighted by Crippen LogP contribution is -2.40. The van der Waals surface area contributed by atoms with Gasteiger partial charge in [-0.3, -0.25) is 19.1 Å². The molecule has 2 aromatic rings. The normalized spacial score (nSPS) is 17.3. The summed E-state index contributed by atoms with van der Waals surface area (Å²) in [5.41, 5.74) is 2.52. The molecule has 0 radical (unpaired) electrons. The predicted molar refractivity (Wildman–Crippen MR) is 123 cm³/mol. The maximum absolute atomic E-state index is 12.6. The first-order chi connectivity index (χ1) is 15.5. The fourth-order valence-corrected chi connectivity index (χ4v) is 4.17. The van der Waals surface area contributed by atoms with Crippen molar-refractivity contribution < 1.29 is 14.4 Å². The fourth-order valence-electron chi connectivity index (χ4n) is 4.17. The Hall–Kier alpha value is -3.42. The molecular formula is C24H29N5O3. The quantitative estimate of drug-likeness (QED) is 0.707. The fraction of sp³-hybridized carbons (Fsp3) is 0.417. The van der Waals surface area contributed by atoms with Gasteiger partial charge in [-0.25, -0.2) is 0 Å². The highest BCUT2D eigenvalue weighted by Gasteiger charge is 2.27. The molecule has 0 bridgehead atoms. The number of aryl methyl sites for hydroxylation is 1. The zero-order chi connectivity index (χ0) is 22.5. The van der Waals surface area contributed by atoms with E-state index in [0.29, 0.717) is 38.0 Å². The number of aromatic nitrogens is 2. The number of piperidine rings is 1. The van der Waals surface area contributed by atoms with Crippen LogP contribution in [-0.4, -0.2) is 52.0 Å². The van der Waals surface area contributed by atoms with Gasteiger partial charge in [0.2, 0.25) is 17.7 Å². The largest absolute Gasteiger partial charge is 0.339 e. The van der Waals surface area contributed by atoms with E-state index in [9.17, 15) is 14.4 Å². The minimum Gasteiger partial charge on any atom is -0.339 e. The molecule has 2 aliphatic heterocycles. The van der Waals surface area contributed by atoms with Crippen LogP contribution in [0.15, 0.2) is 42.7 Å². The van der Waals surface area contributed by atoms with Crippen molar-refractivity contribution in [1.29, 1.82) is 0 Å². The van der Waals surface area contributed by atoms with Gasteiger partial charge in [-0.2, -0.15) is 5.10 Å². The minimum absolute atomic E-state index is 0.0140. The van der Waals surface area contributed by atoms with E-state index in [1.165, 1.54) is 0 Å². The Morgan fingerprint density at radius 2 is 1.91 bits per heavy atom. The Morgan fingerprint density at radius 1 is 1.16 bits per heavy atom. The summed E-state index contributed by atoms with van der Waals surface area (Å²) in [7, 11) is 0. The molecule has 1 N–H and O–H groups in total. The first-order valence-electron chi connectivity index (χ1n) is 11.2. The van der Waals surface area contributed by atoms with Crippen LogP contribution in [0, 0.1) is 5.92 Å². The number of likely N-dealkylation sites (tertiary alicyclic amines) is 1. The highest BCUT2D eigenvalue weighted by atomic mass is 16.2. The molecule has 8 heteroatoms. The van der Waals surface area contributed by atoms with E-state index >= 15 is 0 Å². The SMILES string of the molecule is CCn1cc(NC(=O)C2CCN(C(=O)/C=C/c3ccc(N4CCCC4=O)cc3)CC2)cn1. The van der Waals surface area contributed by atoms with Gasteiger partial charge in [0.15, 0.2) is 0 Å². The first kappa shape index (κ1) is 21.8. The van der Waals surface area contributed by atoms with Crippen LogP contribution in [0.25, 0.3) is 6.08 Å². The highest BCUT2D eigenvalue weighted by Crippen LogP contribution is 2.23. The Kier molecular flexibility index (Phi) is 6.68. The van der Waals surface area contributed by atoms with Crippen molar-refractivity contribution in [1.82, 2.24) is 14.7 Å². The van der Waals surface area contributed by atoms with Crippen molar-refractivity contribution in [3.63, 3.8) is 0 Å². The second-order valence-corrected chi connectivity index (χ2v) is 8.25. The zero-order valence-corrected chi connectivity index (χ0v) is 18.4. The molecule has 3 amide bonds. The van der Waals surface area contributed by atoms with Gasteiger partial charge < -0.3 is 15.1 Å². The number of anilines is 2. The number of carbonyl (C=O) groups is 3. The summed E-state index contributed by atoms with van der Waals surface area (Å²) in [4.78, 5) is 40.5. The number of nitrogens with zero attached hydrogens (tertiary/aromatic N) is 4. The van der Waals surface area contributed by atoms with Crippen molar-refractivity contribution in [2.24, 2.45) is 5.92 Å². The number of rotatable bonds is 6. The lowest BCUT2D eigenvalue weighted by Gasteiger charge is -2.30. The number of benzene rings is 1. The van der Waals surface area contributed by atoms with Crippen molar-refractivity contribution in [2.75, 3.05) is 29.9 Å². The molecular weight excluding hydrogens is 406 g/mol. The highest BCUT2D eigenvalue weighted by molar-refractivity contribution is 5.96. The van der Waals surface area contributed by atoms with Crippen LogP contribution in [0.4, 0.5) is 11.4 Å². The summed E-state index contributed by atoms with van der Waals surface area (Å²) in [5, 5.41) is 7.09. The molecule has 2 saturated heterocycles. The molecule has 0 saturated carbocycles. The lowest BCUT2D eigenvalue weighted by atomic mass is 9.95. The number of amides is 3. The van der Waals surface area contributed by atoms with Crippen LogP contribution in [0.2, 0.25) is 0 Å². The Morgan fingerprint density at radius 3 is 2.53 bits per heavy atom. The van der Waals surface area contributed by atoms with E-state index in [4.69, 9.17) is 0 Å². The van der Waals surface area contributed by atoms with Gasteiger partial charge in [-0.15, -0.1) is 0 Å². The Balaban J connectivity index is 1.25. The standard InChI is InChI=1S/C24H29N5O3/c1-2-28-17-20(16-25-28)26-24(32)19-11-14-27(15-12-19)22(30)10-7-18-5-8-21(9-6-18)29-13-3-4-23(29)31/h5-10,16-17,19H,2-4,11-15H2,1H3,(H,26,32)/b10-7+. The average Bonchev–Trinajstić information content (AvgIpc) is 3.46. The van der Waals surface area contributed by atoms with Crippen LogP contribution in [0.3, 0.4) is 0 Å². The average molecular weight is 436 g/mol. The Labute approximate surface area is 187 Å². The molecule has 8 nitrogen and oxygen atoms in total. The third-order valence-corrected chi connectivity index (χ3v) is 6.10. The molecule has 0 atom stereocenters. The summed E-state index contributed by atoms with van der Waals surface area (Å²) in [6.07, 6.45) is 9.64. The van der Waals surface area contributed by atoms with Gasteiger partial charge in [-0.1, -0.05) is 12.1 Å². The van der Waals surface area contributed by atoms with Gasteiger partial charge in [0, 0.05) is 56.5 Å². The molecule has 1 aromatic carbocycles. The Bertz CT molecular complexity index is 1000. The van der Waals surface area contributed by atoms with Crippen LogP contribution >= 0.6 is 0 Å². The third kappa shape index (κ3) is 5.07. The molecule has 32 heavy (non-hydrogen) atoms. The molecule has 0 aliphatic carbocycles. The van der Waals surface area contributed by atoms with Gasteiger partial charge in [0.1, 0.15) is 0 Å². The second kappa shape index (κ2) is 9.80. The van der Waals surface area contributed by atoms with Crippen LogP contribution in [-0.2, 0) is 20.9 Å². The number of hydrogen-bond acceptors (Lipinski definition) is 4. The van der Waals surface area contributed by atoms with Crippen LogP contribution in [0.5, 0.6) is 0 Å². The third-order valence-electron chi connectivity index (χ3n) is 6.10. The summed E-state index contributed by atoms with van der Waals surface area (Å²) in [6.45, 7) is 4.64. The number of hydrogen-bond donors (Lipinski definition) is 1.